The SMILES string of the molecule is O=C(CN1C[C@@H]2CCN[C@@H]2C1)NC1CCCCC1. The van der Waals surface area contributed by atoms with E-state index in [1.165, 1.54) is 38.5 Å². The van der Waals surface area contributed by atoms with Gasteiger partial charge in [-0.1, -0.05) is 19.3 Å². The maximum atomic E-state index is 12.0. The van der Waals surface area contributed by atoms with Crippen LogP contribution in [0, 0.1) is 5.92 Å². The van der Waals surface area contributed by atoms with Gasteiger partial charge in [-0.05, 0) is 31.7 Å². The number of nitrogens with one attached hydrogen (secondary N) is 2. The van der Waals surface area contributed by atoms with Crippen molar-refractivity contribution in [2.75, 3.05) is 26.2 Å². The van der Waals surface area contributed by atoms with Gasteiger partial charge in [0, 0.05) is 25.2 Å². The lowest BCUT2D eigenvalue weighted by Gasteiger charge is -2.24. The minimum atomic E-state index is 0.238. The van der Waals surface area contributed by atoms with Crippen LogP contribution in [0.4, 0.5) is 0 Å². The average Bonchev–Trinajstić information content (AvgIpc) is 2.90. The van der Waals surface area contributed by atoms with Gasteiger partial charge in [0.25, 0.3) is 0 Å². The molecule has 2 atom stereocenters. The summed E-state index contributed by atoms with van der Waals surface area (Å²) >= 11 is 0. The third-order valence-corrected chi connectivity index (χ3v) is 4.78. The second-order valence-electron chi connectivity index (χ2n) is 6.21. The van der Waals surface area contributed by atoms with Gasteiger partial charge in [-0.3, -0.25) is 9.69 Å². The molecule has 0 unspecified atom stereocenters. The molecule has 4 heteroatoms. The van der Waals surface area contributed by atoms with Gasteiger partial charge in [0.2, 0.25) is 5.91 Å². The first-order valence-corrected chi connectivity index (χ1v) is 7.56. The van der Waals surface area contributed by atoms with Crippen molar-refractivity contribution in [1.29, 1.82) is 0 Å². The number of likely N-dealkylation sites (tertiary alicyclic amines) is 1. The van der Waals surface area contributed by atoms with Crippen LogP contribution in [-0.4, -0.2) is 49.1 Å². The predicted molar refractivity (Wildman–Crippen MR) is 71.4 cm³/mol. The Bertz CT molecular complexity index is 289. The highest BCUT2D eigenvalue weighted by molar-refractivity contribution is 5.78. The Morgan fingerprint density at radius 1 is 1.17 bits per heavy atom. The van der Waals surface area contributed by atoms with Crippen molar-refractivity contribution in [2.24, 2.45) is 5.92 Å². The molecule has 1 amide bonds. The third kappa shape index (κ3) is 2.86. The van der Waals surface area contributed by atoms with Crippen molar-refractivity contribution in [3.8, 4) is 0 Å². The van der Waals surface area contributed by atoms with Gasteiger partial charge in [0.05, 0.1) is 6.54 Å². The molecule has 0 aromatic rings. The summed E-state index contributed by atoms with van der Waals surface area (Å²) in [7, 11) is 0. The summed E-state index contributed by atoms with van der Waals surface area (Å²) < 4.78 is 0. The van der Waals surface area contributed by atoms with Gasteiger partial charge in [0.15, 0.2) is 0 Å². The van der Waals surface area contributed by atoms with E-state index in [0.29, 0.717) is 18.6 Å². The zero-order chi connectivity index (χ0) is 12.4. The molecule has 3 aliphatic rings. The molecule has 3 rings (SSSR count). The van der Waals surface area contributed by atoms with E-state index in [9.17, 15) is 4.79 Å². The molecule has 4 nitrogen and oxygen atoms in total. The van der Waals surface area contributed by atoms with Crippen LogP contribution >= 0.6 is 0 Å². The number of carbonyl (C=O) groups excluding carboxylic acids is 1. The summed E-state index contributed by atoms with van der Waals surface area (Å²) in [6.45, 7) is 3.93. The van der Waals surface area contributed by atoms with Crippen molar-refractivity contribution in [3.05, 3.63) is 0 Å². The second kappa shape index (κ2) is 5.57. The summed E-state index contributed by atoms with van der Waals surface area (Å²) in [5.41, 5.74) is 0. The lowest BCUT2D eigenvalue weighted by Crippen LogP contribution is -2.43. The zero-order valence-corrected chi connectivity index (χ0v) is 11.2. The summed E-state index contributed by atoms with van der Waals surface area (Å²) in [6, 6.07) is 1.10. The molecule has 2 aliphatic heterocycles. The first-order valence-electron chi connectivity index (χ1n) is 7.56. The summed E-state index contributed by atoms with van der Waals surface area (Å²) in [5, 5.41) is 6.74. The first kappa shape index (κ1) is 12.4. The van der Waals surface area contributed by atoms with E-state index < -0.39 is 0 Å². The van der Waals surface area contributed by atoms with Gasteiger partial charge in [-0.15, -0.1) is 0 Å². The maximum absolute atomic E-state index is 12.0. The number of carbonyl (C=O) groups is 1. The minimum Gasteiger partial charge on any atom is -0.352 e. The predicted octanol–water partition coefficient (Wildman–Crippen LogP) is 0.729. The fourth-order valence-electron chi connectivity index (χ4n) is 3.79. The highest BCUT2D eigenvalue weighted by Crippen LogP contribution is 2.24. The maximum Gasteiger partial charge on any atom is 0.234 e. The smallest absolute Gasteiger partial charge is 0.234 e. The zero-order valence-electron chi connectivity index (χ0n) is 11.2. The Morgan fingerprint density at radius 2 is 2.00 bits per heavy atom. The first-order chi connectivity index (χ1) is 8.81. The van der Waals surface area contributed by atoms with E-state index in [2.05, 4.69) is 15.5 Å². The Hall–Kier alpha value is -0.610. The highest BCUT2D eigenvalue weighted by atomic mass is 16.2. The largest absolute Gasteiger partial charge is 0.352 e. The van der Waals surface area contributed by atoms with Gasteiger partial charge >= 0.3 is 0 Å². The Kier molecular flexibility index (Phi) is 3.85. The van der Waals surface area contributed by atoms with Crippen LogP contribution < -0.4 is 10.6 Å². The highest BCUT2D eigenvalue weighted by Gasteiger charge is 2.36. The normalized spacial score (nSPS) is 33.6. The molecule has 0 aromatic carbocycles. The van der Waals surface area contributed by atoms with Crippen LogP contribution in [0.3, 0.4) is 0 Å². The van der Waals surface area contributed by atoms with E-state index in [4.69, 9.17) is 0 Å². The molecular weight excluding hydrogens is 226 g/mol. The van der Waals surface area contributed by atoms with Gasteiger partial charge in [-0.2, -0.15) is 0 Å². The summed E-state index contributed by atoms with van der Waals surface area (Å²) in [6.07, 6.45) is 7.54. The van der Waals surface area contributed by atoms with Gasteiger partial charge in [-0.25, -0.2) is 0 Å². The van der Waals surface area contributed by atoms with Crippen LogP contribution in [0.2, 0.25) is 0 Å². The van der Waals surface area contributed by atoms with E-state index in [0.717, 1.165) is 25.6 Å². The van der Waals surface area contributed by atoms with Crippen LogP contribution in [0.1, 0.15) is 38.5 Å². The average molecular weight is 251 g/mol. The van der Waals surface area contributed by atoms with E-state index in [1.54, 1.807) is 0 Å². The van der Waals surface area contributed by atoms with Crippen LogP contribution in [0.5, 0.6) is 0 Å². The molecule has 0 bridgehead atoms. The van der Waals surface area contributed by atoms with Crippen molar-refractivity contribution < 1.29 is 4.79 Å². The molecule has 1 saturated carbocycles. The molecule has 102 valence electrons. The lowest BCUT2D eigenvalue weighted by atomic mass is 9.95. The minimum absolute atomic E-state index is 0.238. The quantitative estimate of drug-likeness (QED) is 0.777. The molecule has 2 saturated heterocycles. The molecular formula is C14H25N3O. The van der Waals surface area contributed by atoms with E-state index >= 15 is 0 Å². The lowest BCUT2D eigenvalue weighted by molar-refractivity contribution is -0.123. The van der Waals surface area contributed by atoms with Crippen molar-refractivity contribution in [2.45, 2.75) is 50.6 Å². The van der Waals surface area contributed by atoms with Crippen LogP contribution in [0.25, 0.3) is 0 Å². The molecule has 3 fully saturated rings. The van der Waals surface area contributed by atoms with Crippen molar-refractivity contribution in [3.63, 3.8) is 0 Å². The van der Waals surface area contributed by atoms with Crippen molar-refractivity contribution >= 4 is 5.91 Å². The number of hydrogen-bond donors (Lipinski definition) is 2. The standard InChI is InChI=1S/C14H25N3O/c18-14(16-12-4-2-1-3-5-12)10-17-8-11-6-7-15-13(11)9-17/h11-13,15H,1-10H2,(H,16,18)/t11-,13+/m0/s1. The fourth-order valence-corrected chi connectivity index (χ4v) is 3.79. The molecule has 1 aliphatic carbocycles. The Labute approximate surface area is 109 Å². The van der Waals surface area contributed by atoms with Crippen molar-refractivity contribution in [1.82, 2.24) is 15.5 Å². The fraction of sp³-hybridized carbons (Fsp3) is 0.929. The molecule has 0 spiro atoms. The van der Waals surface area contributed by atoms with Crippen LogP contribution in [0.15, 0.2) is 0 Å². The number of rotatable bonds is 3. The van der Waals surface area contributed by atoms with E-state index in [1.807, 2.05) is 0 Å². The van der Waals surface area contributed by atoms with Gasteiger partial charge in [0.1, 0.15) is 0 Å². The molecule has 18 heavy (non-hydrogen) atoms. The molecule has 2 N–H and O–H groups in total. The topological polar surface area (TPSA) is 44.4 Å². The number of fused-ring (bicyclic) bond motifs is 1. The summed E-state index contributed by atoms with van der Waals surface area (Å²) in [5.74, 6) is 1.02. The van der Waals surface area contributed by atoms with Crippen LogP contribution in [-0.2, 0) is 4.79 Å². The van der Waals surface area contributed by atoms with Gasteiger partial charge < -0.3 is 10.6 Å². The Balaban J connectivity index is 1.41. The second-order valence-corrected chi connectivity index (χ2v) is 6.21. The van der Waals surface area contributed by atoms with E-state index in [-0.39, 0.29) is 5.91 Å². The number of nitrogens with zero attached hydrogens (tertiary/aromatic N) is 1. The third-order valence-electron chi connectivity index (χ3n) is 4.78. The molecule has 2 heterocycles. The Morgan fingerprint density at radius 3 is 2.78 bits per heavy atom. The molecule has 0 radical (unpaired) electrons. The summed E-state index contributed by atoms with van der Waals surface area (Å²) in [4.78, 5) is 14.3. The number of amides is 1. The monoisotopic (exact) mass is 251 g/mol. The molecule has 0 aromatic heterocycles. The number of hydrogen-bond acceptors (Lipinski definition) is 3.